The highest BCUT2D eigenvalue weighted by Crippen LogP contribution is 2.41. The van der Waals surface area contributed by atoms with Crippen molar-refractivity contribution >= 4 is 5.91 Å². The Kier molecular flexibility index (Phi) is 7.88. The van der Waals surface area contributed by atoms with Gasteiger partial charge in [0, 0.05) is 18.7 Å². The van der Waals surface area contributed by atoms with Crippen LogP contribution in [-0.2, 0) is 30.2 Å². The highest BCUT2D eigenvalue weighted by Gasteiger charge is 2.42. The average Bonchev–Trinajstić information content (AvgIpc) is 3.32. The molecule has 2 aromatic rings. The summed E-state index contributed by atoms with van der Waals surface area (Å²) in [6, 6.07) is 7.07. The topological polar surface area (TPSA) is 50.8 Å². The molecule has 2 aromatic carbocycles. The van der Waals surface area contributed by atoms with Gasteiger partial charge in [0.15, 0.2) is 11.5 Å². The molecule has 1 amide bonds. The molecule has 0 bridgehead atoms. The second-order valence-electron chi connectivity index (χ2n) is 10.4. The highest BCUT2D eigenvalue weighted by atomic mass is 19.4. The van der Waals surface area contributed by atoms with Gasteiger partial charge in [-0.25, -0.2) is 0 Å². The maximum atomic E-state index is 13.4. The second-order valence-corrected chi connectivity index (χ2v) is 10.4. The van der Waals surface area contributed by atoms with Gasteiger partial charge in [-0.1, -0.05) is 26.0 Å². The molecule has 0 aromatic heterocycles. The van der Waals surface area contributed by atoms with Crippen molar-refractivity contribution in [3.63, 3.8) is 0 Å². The van der Waals surface area contributed by atoms with E-state index in [0.29, 0.717) is 62.5 Å². The summed E-state index contributed by atoms with van der Waals surface area (Å²) >= 11 is 0. The van der Waals surface area contributed by atoms with Gasteiger partial charge < -0.3 is 14.8 Å². The highest BCUT2D eigenvalue weighted by molar-refractivity contribution is 5.82. The lowest BCUT2D eigenvalue weighted by Gasteiger charge is -2.41. The zero-order valence-corrected chi connectivity index (χ0v) is 21.1. The number of halogens is 6. The van der Waals surface area contributed by atoms with E-state index in [1.54, 1.807) is 0 Å². The van der Waals surface area contributed by atoms with Gasteiger partial charge in [0.2, 0.25) is 12.7 Å². The molecule has 1 fully saturated rings. The number of likely N-dealkylation sites (tertiary alicyclic amines) is 1. The number of carbonyl (C=O) groups excluding carboxylic acids is 1. The van der Waals surface area contributed by atoms with Crippen LogP contribution >= 0.6 is 0 Å². The zero-order valence-electron chi connectivity index (χ0n) is 21.1. The smallest absolute Gasteiger partial charge is 0.416 e. The van der Waals surface area contributed by atoms with E-state index in [2.05, 4.69) is 10.2 Å². The number of alkyl halides is 6. The summed E-state index contributed by atoms with van der Waals surface area (Å²) < 4.78 is 90.3. The predicted molar refractivity (Wildman–Crippen MR) is 127 cm³/mol. The lowest BCUT2D eigenvalue weighted by molar-refractivity contribution is -0.143. The molecule has 2 aliphatic rings. The molecular formula is C27H30F6N2O3. The number of para-hydroxylation sites is 1. The van der Waals surface area contributed by atoms with E-state index in [9.17, 15) is 31.1 Å². The number of ether oxygens (including phenoxy) is 2. The SMILES string of the molecule is CC(C)CC1(C(=O)NCc2cc(C(F)(F)F)cc(C(F)(F)F)c2)CCN(Cc2cccc3c2OCO3)CC1. The third-order valence-electron chi connectivity index (χ3n) is 7.07. The van der Waals surface area contributed by atoms with Crippen molar-refractivity contribution in [1.29, 1.82) is 0 Å². The molecule has 0 spiro atoms. The summed E-state index contributed by atoms with van der Waals surface area (Å²) in [5.41, 5.74) is -2.84. The fourth-order valence-electron chi connectivity index (χ4n) is 5.29. The number of nitrogens with one attached hydrogen (secondary N) is 1. The maximum Gasteiger partial charge on any atom is 0.416 e. The van der Waals surface area contributed by atoms with Crippen LogP contribution in [0, 0.1) is 11.3 Å². The van der Waals surface area contributed by atoms with Gasteiger partial charge in [0.05, 0.1) is 16.5 Å². The van der Waals surface area contributed by atoms with Crippen LogP contribution in [0.1, 0.15) is 55.4 Å². The Hall–Kier alpha value is -2.95. The molecule has 0 radical (unpaired) electrons. The number of hydrogen-bond donors (Lipinski definition) is 1. The number of rotatable bonds is 7. The first-order chi connectivity index (χ1) is 17.8. The van der Waals surface area contributed by atoms with Crippen LogP contribution in [0.15, 0.2) is 36.4 Å². The van der Waals surface area contributed by atoms with Crippen LogP contribution in [0.3, 0.4) is 0 Å². The van der Waals surface area contributed by atoms with E-state index in [1.807, 2.05) is 32.0 Å². The van der Waals surface area contributed by atoms with Gasteiger partial charge in [0.1, 0.15) is 0 Å². The summed E-state index contributed by atoms with van der Waals surface area (Å²) in [5, 5.41) is 2.64. The summed E-state index contributed by atoms with van der Waals surface area (Å²) in [6.07, 6.45) is -8.30. The Balaban J connectivity index is 1.46. The van der Waals surface area contributed by atoms with Gasteiger partial charge in [-0.05, 0) is 68.1 Å². The lowest BCUT2D eigenvalue weighted by Crippen LogP contribution is -2.49. The second kappa shape index (κ2) is 10.7. The van der Waals surface area contributed by atoms with E-state index in [4.69, 9.17) is 9.47 Å². The van der Waals surface area contributed by atoms with E-state index < -0.39 is 35.4 Å². The maximum absolute atomic E-state index is 13.4. The Morgan fingerprint density at radius 3 is 2.21 bits per heavy atom. The quantitative estimate of drug-likeness (QED) is 0.410. The van der Waals surface area contributed by atoms with Crippen LogP contribution in [-0.4, -0.2) is 30.7 Å². The van der Waals surface area contributed by atoms with Crippen LogP contribution in [0.2, 0.25) is 0 Å². The summed E-state index contributed by atoms with van der Waals surface area (Å²) in [7, 11) is 0. The first-order valence-electron chi connectivity index (χ1n) is 12.4. The molecule has 38 heavy (non-hydrogen) atoms. The number of piperidine rings is 1. The predicted octanol–water partition coefficient (Wildman–Crippen LogP) is 6.40. The van der Waals surface area contributed by atoms with Crippen LogP contribution < -0.4 is 14.8 Å². The van der Waals surface area contributed by atoms with E-state index in [-0.39, 0.29) is 30.2 Å². The molecule has 208 valence electrons. The minimum atomic E-state index is -4.94. The lowest BCUT2D eigenvalue weighted by atomic mass is 9.71. The molecule has 11 heteroatoms. The Morgan fingerprint density at radius 1 is 1.00 bits per heavy atom. The minimum Gasteiger partial charge on any atom is -0.454 e. The average molecular weight is 545 g/mol. The summed E-state index contributed by atoms with van der Waals surface area (Å²) in [4.78, 5) is 15.6. The third kappa shape index (κ3) is 6.36. The molecule has 0 atom stereocenters. The van der Waals surface area contributed by atoms with Crippen molar-refractivity contribution in [3.8, 4) is 11.5 Å². The number of fused-ring (bicyclic) bond motifs is 1. The molecule has 2 aliphatic heterocycles. The number of carbonyl (C=O) groups is 1. The third-order valence-corrected chi connectivity index (χ3v) is 7.07. The number of hydrogen-bond acceptors (Lipinski definition) is 4. The van der Waals surface area contributed by atoms with E-state index in [0.717, 1.165) is 5.56 Å². The van der Waals surface area contributed by atoms with Crippen LogP contribution in [0.4, 0.5) is 26.3 Å². The Labute approximate surface area is 217 Å². The molecule has 2 heterocycles. The van der Waals surface area contributed by atoms with Crippen molar-refractivity contribution in [2.75, 3.05) is 19.9 Å². The van der Waals surface area contributed by atoms with Gasteiger partial charge in [0.25, 0.3) is 0 Å². The normalized spacial score (nSPS) is 17.6. The molecule has 1 saturated heterocycles. The molecule has 4 rings (SSSR count). The minimum absolute atomic E-state index is 0.0839. The van der Waals surface area contributed by atoms with Gasteiger partial charge >= 0.3 is 12.4 Å². The zero-order chi connectivity index (χ0) is 27.7. The van der Waals surface area contributed by atoms with Crippen molar-refractivity contribution in [3.05, 3.63) is 58.7 Å². The Bertz CT molecular complexity index is 1120. The van der Waals surface area contributed by atoms with Gasteiger partial charge in [-0.3, -0.25) is 9.69 Å². The first kappa shape index (κ1) is 28.1. The van der Waals surface area contributed by atoms with Crippen molar-refractivity contribution in [2.45, 2.75) is 58.6 Å². The van der Waals surface area contributed by atoms with Gasteiger partial charge in [-0.15, -0.1) is 0 Å². The molecule has 0 unspecified atom stereocenters. The van der Waals surface area contributed by atoms with Crippen LogP contribution in [0.5, 0.6) is 11.5 Å². The van der Waals surface area contributed by atoms with Crippen LogP contribution in [0.25, 0.3) is 0 Å². The largest absolute Gasteiger partial charge is 0.454 e. The summed E-state index contributed by atoms with van der Waals surface area (Å²) in [5.74, 6) is 1.22. The van der Waals surface area contributed by atoms with Crippen molar-refractivity contribution in [1.82, 2.24) is 10.2 Å². The Morgan fingerprint density at radius 2 is 1.63 bits per heavy atom. The van der Waals surface area contributed by atoms with Crippen molar-refractivity contribution in [2.24, 2.45) is 11.3 Å². The fraction of sp³-hybridized carbons (Fsp3) is 0.519. The van der Waals surface area contributed by atoms with E-state index in [1.165, 1.54) is 0 Å². The number of nitrogens with zero attached hydrogens (tertiary/aromatic N) is 1. The molecule has 5 nitrogen and oxygen atoms in total. The summed E-state index contributed by atoms with van der Waals surface area (Å²) in [6.45, 7) is 5.52. The molecular weight excluding hydrogens is 514 g/mol. The van der Waals surface area contributed by atoms with Gasteiger partial charge in [-0.2, -0.15) is 26.3 Å². The van der Waals surface area contributed by atoms with Crippen molar-refractivity contribution < 1.29 is 40.6 Å². The first-order valence-corrected chi connectivity index (χ1v) is 12.4. The van der Waals surface area contributed by atoms with E-state index >= 15 is 0 Å². The molecule has 0 saturated carbocycles. The fourth-order valence-corrected chi connectivity index (χ4v) is 5.29. The number of amides is 1. The standard InChI is InChI=1S/C27H30F6N2O3/c1-17(2)13-25(6-8-35(9-7-25)15-19-4-3-5-22-23(19)38-16-37-22)24(36)34-14-18-10-20(26(28,29)30)12-21(11-18)27(31,32)33/h3-5,10-12,17H,6-9,13-16H2,1-2H3,(H,34,36). The molecule has 0 aliphatic carbocycles. The number of benzene rings is 2. The monoisotopic (exact) mass is 544 g/mol. The molecule has 1 N–H and O–H groups in total.